The van der Waals surface area contributed by atoms with E-state index in [1.54, 1.807) is 24.3 Å². The van der Waals surface area contributed by atoms with Gasteiger partial charge in [0.1, 0.15) is 0 Å². The molecule has 0 saturated carbocycles. The summed E-state index contributed by atoms with van der Waals surface area (Å²) >= 11 is 0. The first-order valence-corrected chi connectivity index (χ1v) is 8.61. The lowest BCUT2D eigenvalue weighted by Crippen LogP contribution is -2.15. The Labute approximate surface area is 157 Å². The van der Waals surface area contributed by atoms with E-state index >= 15 is 0 Å². The minimum atomic E-state index is -4.42. The molecule has 1 aliphatic rings. The van der Waals surface area contributed by atoms with Crippen molar-refractivity contribution in [2.45, 2.75) is 12.7 Å². The Hall–Kier alpha value is -3.48. The fourth-order valence-corrected chi connectivity index (χ4v) is 4.19. The third-order valence-corrected chi connectivity index (χ3v) is 5.36. The summed E-state index contributed by atoms with van der Waals surface area (Å²) in [6.45, 7) is 0.127. The molecule has 0 unspecified atom stereocenters. The fraction of sp³-hybridized carbons (Fsp3) is 0.0952. The molecule has 0 aliphatic carbocycles. The van der Waals surface area contributed by atoms with Crippen LogP contribution in [0, 0.1) is 10.9 Å². The Bertz CT molecular complexity index is 1310. The van der Waals surface area contributed by atoms with E-state index < -0.39 is 11.7 Å². The molecule has 5 rings (SSSR count). The average Bonchev–Trinajstić information content (AvgIpc) is 3.01. The van der Waals surface area contributed by atoms with Crippen LogP contribution < -0.4 is 0 Å². The van der Waals surface area contributed by atoms with E-state index in [2.05, 4.69) is 5.11 Å². The maximum Gasteiger partial charge on any atom is 0.416 e. The molecular formula is C21H13F3N4. The van der Waals surface area contributed by atoms with Gasteiger partial charge in [0.05, 0.1) is 11.1 Å². The molecule has 4 nitrogen and oxygen atoms in total. The Morgan fingerprint density at radius 2 is 1.71 bits per heavy atom. The number of amidine groups is 1. The summed E-state index contributed by atoms with van der Waals surface area (Å²) in [5, 5.41) is 12.7. The van der Waals surface area contributed by atoms with Crippen molar-refractivity contribution in [3.05, 3.63) is 71.3 Å². The van der Waals surface area contributed by atoms with Crippen molar-refractivity contribution in [1.82, 2.24) is 4.57 Å². The summed E-state index contributed by atoms with van der Waals surface area (Å²) in [6.07, 6.45) is -4.42. The molecule has 2 N–H and O–H groups in total. The number of fused-ring (bicyclic) bond motifs is 5. The van der Waals surface area contributed by atoms with Crippen molar-refractivity contribution in [1.29, 1.82) is 10.9 Å². The summed E-state index contributed by atoms with van der Waals surface area (Å²) in [4.78, 5) is 0. The Kier molecular flexibility index (Phi) is 3.28. The summed E-state index contributed by atoms with van der Waals surface area (Å²) < 4.78 is 42.7. The summed E-state index contributed by atoms with van der Waals surface area (Å²) in [5.74, 6) is -0.156. The molecule has 1 aliphatic heterocycles. The van der Waals surface area contributed by atoms with Crippen LogP contribution in [0.5, 0.6) is 0 Å². The van der Waals surface area contributed by atoms with E-state index in [-0.39, 0.29) is 17.9 Å². The normalized spacial score (nSPS) is 13.0. The highest BCUT2D eigenvalue weighted by atomic mass is 19.4. The zero-order valence-electron chi connectivity index (χ0n) is 14.4. The van der Waals surface area contributed by atoms with Gasteiger partial charge in [0.2, 0.25) is 0 Å². The number of hydrogen-bond donors (Lipinski definition) is 2. The molecule has 0 fully saturated rings. The van der Waals surface area contributed by atoms with Crippen LogP contribution in [0.15, 0.2) is 59.7 Å². The second-order valence-corrected chi connectivity index (χ2v) is 6.81. The number of alkyl halides is 3. The first kappa shape index (κ1) is 16.7. The van der Waals surface area contributed by atoms with E-state index in [1.807, 2.05) is 22.8 Å². The van der Waals surface area contributed by atoms with Crippen molar-refractivity contribution < 1.29 is 13.2 Å². The van der Waals surface area contributed by atoms with Crippen LogP contribution in [0.3, 0.4) is 0 Å². The number of nitrogens with one attached hydrogen (secondary N) is 2. The van der Waals surface area contributed by atoms with E-state index in [4.69, 9.17) is 10.9 Å². The van der Waals surface area contributed by atoms with Crippen LogP contribution >= 0.6 is 0 Å². The van der Waals surface area contributed by atoms with Gasteiger partial charge in [-0.3, -0.25) is 5.41 Å². The smallest absolute Gasteiger partial charge is 0.335 e. The maximum absolute atomic E-state index is 13.6. The summed E-state index contributed by atoms with van der Waals surface area (Å²) in [7, 11) is 0. The largest absolute Gasteiger partial charge is 0.416 e. The van der Waals surface area contributed by atoms with Gasteiger partial charge in [0.15, 0.2) is 5.84 Å². The van der Waals surface area contributed by atoms with E-state index in [1.165, 1.54) is 6.07 Å². The Balaban J connectivity index is 1.88. The number of para-hydroxylation sites is 1. The van der Waals surface area contributed by atoms with Crippen molar-refractivity contribution in [2.75, 3.05) is 0 Å². The summed E-state index contributed by atoms with van der Waals surface area (Å²) in [5.41, 5.74) is 10.3. The van der Waals surface area contributed by atoms with Crippen LogP contribution in [0.2, 0.25) is 0 Å². The van der Waals surface area contributed by atoms with E-state index in [0.717, 1.165) is 33.4 Å². The molecule has 28 heavy (non-hydrogen) atoms. The highest BCUT2D eigenvalue weighted by molar-refractivity contribution is 6.15. The quantitative estimate of drug-likeness (QED) is 0.198. The molecule has 0 atom stereocenters. The van der Waals surface area contributed by atoms with Gasteiger partial charge in [-0.15, -0.1) is 5.11 Å². The number of benzene rings is 3. The zero-order valence-corrected chi connectivity index (χ0v) is 14.4. The van der Waals surface area contributed by atoms with Crippen LogP contribution in [0.4, 0.5) is 13.2 Å². The topological polar surface area (TPSA) is 65.0 Å². The van der Waals surface area contributed by atoms with Crippen molar-refractivity contribution in [3.63, 3.8) is 0 Å². The lowest BCUT2D eigenvalue weighted by atomic mass is 9.91. The van der Waals surface area contributed by atoms with Crippen molar-refractivity contribution in [2.24, 2.45) is 5.11 Å². The first-order valence-electron chi connectivity index (χ1n) is 8.61. The van der Waals surface area contributed by atoms with Gasteiger partial charge in [-0.2, -0.15) is 13.2 Å². The summed E-state index contributed by atoms with van der Waals surface area (Å²) in [6, 6.07) is 15.2. The molecule has 0 radical (unpaired) electrons. The molecule has 0 spiro atoms. The molecule has 1 aromatic heterocycles. The van der Waals surface area contributed by atoms with Crippen LogP contribution in [-0.4, -0.2) is 10.4 Å². The first-order chi connectivity index (χ1) is 13.4. The molecule has 2 heterocycles. The molecule has 3 aromatic carbocycles. The number of nitrogens with zero attached hydrogens (tertiary/aromatic N) is 2. The van der Waals surface area contributed by atoms with Gasteiger partial charge in [-0.05, 0) is 35.4 Å². The van der Waals surface area contributed by atoms with Crippen molar-refractivity contribution >= 4 is 27.6 Å². The van der Waals surface area contributed by atoms with Gasteiger partial charge >= 0.3 is 6.18 Å². The zero-order chi connectivity index (χ0) is 19.6. The highest BCUT2D eigenvalue weighted by Crippen LogP contribution is 2.45. The molecule has 0 amide bonds. The van der Waals surface area contributed by atoms with Crippen molar-refractivity contribution in [3.8, 4) is 11.1 Å². The third kappa shape index (κ3) is 2.16. The molecule has 4 aromatic rings. The molecule has 7 heteroatoms. The number of halogens is 3. The third-order valence-electron chi connectivity index (χ3n) is 5.36. The van der Waals surface area contributed by atoms with Crippen LogP contribution in [0.1, 0.15) is 16.7 Å². The second-order valence-electron chi connectivity index (χ2n) is 6.81. The fourth-order valence-electron chi connectivity index (χ4n) is 4.19. The number of aromatic nitrogens is 1. The van der Waals surface area contributed by atoms with Gasteiger partial charge in [0.25, 0.3) is 0 Å². The standard InChI is InChI=1S/C21H13F3N4/c22-21(23,24)17-6-2-3-12-13-4-1-5-14-15-9-11(20(25)27-26)7-8-18(15)28(19(13)14)10-16(12)17/h1-9,25-26H,10H2. The molecular weight excluding hydrogens is 365 g/mol. The predicted molar refractivity (Wildman–Crippen MR) is 101 cm³/mol. The maximum atomic E-state index is 13.6. The average molecular weight is 378 g/mol. The van der Waals surface area contributed by atoms with Crippen LogP contribution in [0.25, 0.3) is 32.9 Å². The van der Waals surface area contributed by atoms with Crippen LogP contribution in [-0.2, 0) is 12.7 Å². The molecule has 138 valence electrons. The SMILES string of the molecule is N=NC(=N)c1ccc2c(c1)c1cccc3c1n2Cc1c-3cccc1C(F)(F)F. The predicted octanol–water partition coefficient (Wildman–Crippen LogP) is 6.20. The van der Waals surface area contributed by atoms with Gasteiger partial charge < -0.3 is 4.57 Å². The lowest BCUT2D eigenvalue weighted by Gasteiger charge is -2.24. The monoisotopic (exact) mass is 378 g/mol. The Morgan fingerprint density at radius 3 is 2.46 bits per heavy atom. The van der Waals surface area contributed by atoms with Gasteiger partial charge in [-0.1, -0.05) is 30.3 Å². The minimum absolute atomic E-state index is 0.127. The molecule has 0 saturated heterocycles. The lowest BCUT2D eigenvalue weighted by molar-refractivity contribution is -0.138. The minimum Gasteiger partial charge on any atom is -0.335 e. The van der Waals surface area contributed by atoms with E-state index in [9.17, 15) is 13.2 Å². The molecule has 0 bridgehead atoms. The van der Waals surface area contributed by atoms with E-state index in [0.29, 0.717) is 11.1 Å². The van der Waals surface area contributed by atoms with Gasteiger partial charge in [0, 0.05) is 34.0 Å². The highest BCUT2D eigenvalue weighted by Gasteiger charge is 2.36. The van der Waals surface area contributed by atoms with Gasteiger partial charge in [-0.25, -0.2) is 5.53 Å². The number of hydrogen-bond acceptors (Lipinski definition) is 2. The number of rotatable bonds is 1. The second kappa shape index (κ2) is 5.51. The Morgan fingerprint density at radius 1 is 0.964 bits per heavy atom.